The van der Waals surface area contributed by atoms with Gasteiger partial charge >= 0.3 is 0 Å². The molecular formula is C18H28N2O3. The minimum absolute atomic E-state index is 0.0194. The van der Waals surface area contributed by atoms with Gasteiger partial charge in [0.2, 0.25) is 0 Å². The fraction of sp³-hybridized carbons (Fsp3) is 0.611. The second-order valence-electron chi connectivity index (χ2n) is 7.11. The molecule has 1 atom stereocenters. The van der Waals surface area contributed by atoms with Gasteiger partial charge in [0.05, 0.1) is 18.2 Å². The number of carbonyl (C=O) groups excluding carboxylic acids is 1. The molecule has 1 aliphatic rings. The van der Waals surface area contributed by atoms with Gasteiger partial charge in [0, 0.05) is 25.2 Å². The highest BCUT2D eigenvalue weighted by atomic mass is 16.3. The van der Waals surface area contributed by atoms with E-state index in [-0.39, 0.29) is 18.6 Å². The monoisotopic (exact) mass is 320 g/mol. The summed E-state index contributed by atoms with van der Waals surface area (Å²) in [6, 6.07) is 7.44. The second kappa shape index (κ2) is 7.43. The maximum absolute atomic E-state index is 12.8. The maximum atomic E-state index is 12.8. The molecule has 0 saturated carbocycles. The number of carbonyl (C=O) groups is 1. The van der Waals surface area contributed by atoms with Gasteiger partial charge in [0.25, 0.3) is 5.91 Å². The highest BCUT2D eigenvalue weighted by Gasteiger charge is 2.29. The van der Waals surface area contributed by atoms with Crippen molar-refractivity contribution in [2.75, 3.05) is 33.3 Å². The van der Waals surface area contributed by atoms with Gasteiger partial charge in [-0.05, 0) is 51.4 Å². The van der Waals surface area contributed by atoms with Crippen LogP contribution in [0.2, 0.25) is 0 Å². The summed E-state index contributed by atoms with van der Waals surface area (Å²) in [4.78, 5) is 16.7. The highest BCUT2D eigenvalue weighted by molar-refractivity contribution is 5.94. The first-order valence-electron chi connectivity index (χ1n) is 8.22. The number of amides is 1. The summed E-state index contributed by atoms with van der Waals surface area (Å²) in [5.41, 5.74) is 0.994. The number of aliphatic hydroxyl groups excluding tert-OH is 1. The van der Waals surface area contributed by atoms with E-state index < -0.39 is 5.60 Å². The van der Waals surface area contributed by atoms with Gasteiger partial charge in [-0.2, -0.15) is 0 Å². The minimum Gasteiger partial charge on any atom is -0.394 e. The molecule has 23 heavy (non-hydrogen) atoms. The molecule has 1 aromatic rings. The third kappa shape index (κ3) is 5.03. The summed E-state index contributed by atoms with van der Waals surface area (Å²) < 4.78 is 0. The number of aryl methyl sites for hydroxylation is 1. The van der Waals surface area contributed by atoms with E-state index >= 15 is 0 Å². The molecule has 1 aliphatic heterocycles. The maximum Gasteiger partial charge on any atom is 0.254 e. The number of hydrogen-bond acceptors (Lipinski definition) is 4. The Morgan fingerprint density at radius 3 is 2.74 bits per heavy atom. The van der Waals surface area contributed by atoms with E-state index in [4.69, 9.17) is 0 Å². The van der Waals surface area contributed by atoms with Crippen molar-refractivity contribution in [3.05, 3.63) is 35.4 Å². The first-order chi connectivity index (χ1) is 10.8. The van der Waals surface area contributed by atoms with E-state index in [1.807, 2.05) is 31.3 Å². The lowest BCUT2D eigenvalue weighted by Gasteiger charge is -2.39. The van der Waals surface area contributed by atoms with Gasteiger partial charge in [-0.3, -0.25) is 4.79 Å². The smallest absolute Gasteiger partial charge is 0.254 e. The lowest BCUT2D eigenvalue weighted by molar-refractivity contribution is 0.0356. The van der Waals surface area contributed by atoms with Crippen molar-refractivity contribution in [2.24, 2.45) is 0 Å². The van der Waals surface area contributed by atoms with E-state index in [9.17, 15) is 15.0 Å². The molecule has 128 valence electrons. The summed E-state index contributed by atoms with van der Waals surface area (Å²) in [5.74, 6) is -0.0257. The first kappa shape index (κ1) is 17.9. The average Bonchev–Trinajstić information content (AvgIpc) is 2.51. The molecule has 2 N–H and O–H groups in total. The summed E-state index contributed by atoms with van der Waals surface area (Å²) in [6.45, 7) is 5.71. The quantitative estimate of drug-likeness (QED) is 0.854. The Morgan fingerprint density at radius 1 is 1.35 bits per heavy atom. The van der Waals surface area contributed by atoms with Gasteiger partial charge in [-0.15, -0.1) is 0 Å². The largest absolute Gasteiger partial charge is 0.394 e. The predicted molar refractivity (Wildman–Crippen MR) is 90.5 cm³/mol. The zero-order chi connectivity index (χ0) is 17.0. The van der Waals surface area contributed by atoms with Gasteiger partial charge in [-0.1, -0.05) is 12.1 Å². The lowest BCUT2D eigenvalue weighted by atomic mass is 9.97. The second-order valence-corrected chi connectivity index (χ2v) is 7.11. The molecule has 2 rings (SSSR count). The predicted octanol–water partition coefficient (Wildman–Crippen LogP) is 1.14. The SMILES string of the molecule is CN1CCN(C(=O)c2cccc(CCC(C)(C)O)c2)C(CO)C1. The van der Waals surface area contributed by atoms with Crippen LogP contribution in [0.3, 0.4) is 0 Å². The number of hydrogen-bond donors (Lipinski definition) is 2. The summed E-state index contributed by atoms with van der Waals surface area (Å²) in [6.07, 6.45) is 1.38. The fourth-order valence-corrected chi connectivity index (χ4v) is 2.91. The van der Waals surface area contributed by atoms with E-state index in [0.717, 1.165) is 18.5 Å². The van der Waals surface area contributed by atoms with Crippen molar-refractivity contribution >= 4 is 5.91 Å². The molecule has 1 heterocycles. The van der Waals surface area contributed by atoms with Gasteiger partial charge in [0.15, 0.2) is 0 Å². The fourth-order valence-electron chi connectivity index (χ4n) is 2.91. The first-order valence-corrected chi connectivity index (χ1v) is 8.22. The Labute approximate surface area is 138 Å². The molecule has 0 aliphatic carbocycles. The molecule has 1 fully saturated rings. The van der Waals surface area contributed by atoms with Crippen LogP contribution in [-0.2, 0) is 6.42 Å². The van der Waals surface area contributed by atoms with Crippen molar-refractivity contribution in [1.82, 2.24) is 9.80 Å². The molecule has 0 spiro atoms. The molecule has 1 aromatic carbocycles. The Bertz CT molecular complexity index is 539. The standard InChI is InChI=1S/C18H28N2O3/c1-18(2,23)8-7-14-5-4-6-15(11-14)17(22)20-10-9-19(3)12-16(20)13-21/h4-6,11,16,21,23H,7-10,12-13H2,1-3H3. The van der Waals surface area contributed by atoms with Crippen LogP contribution < -0.4 is 0 Å². The third-order valence-corrected chi connectivity index (χ3v) is 4.36. The Kier molecular flexibility index (Phi) is 5.79. The summed E-state index contributed by atoms with van der Waals surface area (Å²) in [5, 5.41) is 19.4. The lowest BCUT2D eigenvalue weighted by Crippen LogP contribution is -2.55. The zero-order valence-electron chi connectivity index (χ0n) is 14.3. The van der Waals surface area contributed by atoms with Crippen LogP contribution in [0, 0.1) is 0 Å². The van der Waals surface area contributed by atoms with Crippen LogP contribution >= 0.6 is 0 Å². The molecule has 5 heteroatoms. The van der Waals surface area contributed by atoms with Gasteiger partial charge in [0.1, 0.15) is 0 Å². The number of aliphatic hydroxyl groups is 2. The highest BCUT2D eigenvalue weighted by Crippen LogP contribution is 2.17. The van der Waals surface area contributed by atoms with E-state index in [2.05, 4.69) is 4.90 Å². The van der Waals surface area contributed by atoms with Crippen molar-refractivity contribution in [3.8, 4) is 0 Å². The number of rotatable bonds is 5. The van der Waals surface area contributed by atoms with Crippen LogP contribution in [0.15, 0.2) is 24.3 Å². The Balaban J connectivity index is 2.10. The van der Waals surface area contributed by atoms with Crippen LogP contribution in [0.25, 0.3) is 0 Å². The minimum atomic E-state index is -0.709. The number of benzene rings is 1. The molecule has 1 unspecified atom stereocenters. The number of likely N-dealkylation sites (N-methyl/N-ethyl adjacent to an activating group) is 1. The van der Waals surface area contributed by atoms with E-state index in [0.29, 0.717) is 25.1 Å². The van der Waals surface area contributed by atoms with E-state index in [1.165, 1.54) is 0 Å². The average molecular weight is 320 g/mol. The molecule has 1 amide bonds. The molecular weight excluding hydrogens is 292 g/mol. The molecule has 0 radical (unpaired) electrons. The van der Waals surface area contributed by atoms with Crippen LogP contribution in [-0.4, -0.2) is 70.9 Å². The molecule has 0 bridgehead atoms. The number of piperazine rings is 1. The Hall–Kier alpha value is -1.43. The Morgan fingerprint density at radius 2 is 2.09 bits per heavy atom. The van der Waals surface area contributed by atoms with Gasteiger partial charge in [-0.25, -0.2) is 0 Å². The summed E-state index contributed by atoms with van der Waals surface area (Å²) in [7, 11) is 2.00. The number of nitrogens with zero attached hydrogens (tertiary/aromatic N) is 2. The summed E-state index contributed by atoms with van der Waals surface area (Å²) >= 11 is 0. The van der Waals surface area contributed by atoms with Crippen LogP contribution in [0.4, 0.5) is 0 Å². The van der Waals surface area contributed by atoms with Crippen molar-refractivity contribution < 1.29 is 15.0 Å². The van der Waals surface area contributed by atoms with Crippen LogP contribution in [0.5, 0.6) is 0 Å². The van der Waals surface area contributed by atoms with Crippen molar-refractivity contribution in [3.63, 3.8) is 0 Å². The molecule has 0 aromatic heterocycles. The molecule has 5 nitrogen and oxygen atoms in total. The topological polar surface area (TPSA) is 64.0 Å². The van der Waals surface area contributed by atoms with Crippen molar-refractivity contribution in [1.29, 1.82) is 0 Å². The van der Waals surface area contributed by atoms with E-state index in [1.54, 1.807) is 18.7 Å². The zero-order valence-corrected chi connectivity index (χ0v) is 14.3. The molecule has 1 saturated heterocycles. The van der Waals surface area contributed by atoms with Crippen LogP contribution in [0.1, 0.15) is 36.2 Å². The van der Waals surface area contributed by atoms with Crippen molar-refractivity contribution in [2.45, 2.75) is 38.3 Å². The normalized spacial score (nSPS) is 19.9. The third-order valence-electron chi connectivity index (χ3n) is 4.36. The van der Waals surface area contributed by atoms with Gasteiger partial charge < -0.3 is 20.0 Å².